The number of carbonyl (C=O) groups is 1. The molecule has 1 aliphatic carbocycles. The van der Waals surface area contributed by atoms with E-state index in [4.69, 9.17) is 0 Å². The Morgan fingerprint density at radius 1 is 1.32 bits per heavy atom. The molecule has 19 heavy (non-hydrogen) atoms. The standard InChI is InChI=1S/C15H23N3O/c1-17-11-16-9-12(17)10-18-8-4-6-14(18)13-5-2-3-7-15(13)19/h9,11,13-14H,2-8,10H2,1H3. The van der Waals surface area contributed by atoms with Crippen LogP contribution in [0.4, 0.5) is 0 Å². The zero-order valence-corrected chi connectivity index (χ0v) is 11.7. The van der Waals surface area contributed by atoms with Gasteiger partial charge in [0.05, 0.1) is 12.0 Å². The molecule has 4 heteroatoms. The Balaban J connectivity index is 1.70. The summed E-state index contributed by atoms with van der Waals surface area (Å²) in [6.07, 6.45) is 10.5. The topological polar surface area (TPSA) is 38.1 Å². The Kier molecular flexibility index (Phi) is 3.69. The van der Waals surface area contributed by atoms with Gasteiger partial charge in [-0.2, -0.15) is 0 Å². The molecule has 3 rings (SSSR count). The van der Waals surface area contributed by atoms with Crippen LogP contribution in [0.1, 0.15) is 44.2 Å². The van der Waals surface area contributed by atoms with Gasteiger partial charge in [-0.25, -0.2) is 4.98 Å². The monoisotopic (exact) mass is 261 g/mol. The first-order valence-electron chi connectivity index (χ1n) is 7.47. The van der Waals surface area contributed by atoms with Crippen LogP contribution in [0.15, 0.2) is 12.5 Å². The molecular formula is C15H23N3O. The molecule has 2 atom stereocenters. The largest absolute Gasteiger partial charge is 0.337 e. The molecule has 4 nitrogen and oxygen atoms in total. The smallest absolute Gasteiger partial charge is 0.137 e. The second-order valence-electron chi connectivity index (χ2n) is 5.99. The lowest BCUT2D eigenvalue weighted by molar-refractivity contribution is -0.126. The van der Waals surface area contributed by atoms with Crippen LogP contribution in [0.3, 0.4) is 0 Å². The first-order chi connectivity index (χ1) is 9.25. The lowest BCUT2D eigenvalue weighted by atomic mass is 9.82. The summed E-state index contributed by atoms with van der Waals surface area (Å²) in [6, 6.07) is 0.475. The lowest BCUT2D eigenvalue weighted by Crippen LogP contribution is -2.40. The highest BCUT2D eigenvalue weighted by molar-refractivity contribution is 5.82. The lowest BCUT2D eigenvalue weighted by Gasteiger charge is -2.33. The van der Waals surface area contributed by atoms with E-state index in [0.717, 1.165) is 32.4 Å². The number of imidazole rings is 1. The van der Waals surface area contributed by atoms with Crippen molar-refractivity contribution in [3.63, 3.8) is 0 Å². The molecule has 104 valence electrons. The van der Waals surface area contributed by atoms with Crippen LogP contribution in [0.25, 0.3) is 0 Å². The number of nitrogens with zero attached hydrogens (tertiary/aromatic N) is 3. The third-order valence-corrected chi connectivity index (χ3v) is 4.76. The van der Waals surface area contributed by atoms with Crippen LogP contribution in [0.2, 0.25) is 0 Å². The van der Waals surface area contributed by atoms with Gasteiger partial charge in [-0.3, -0.25) is 9.69 Å². The van der Waals surface area contributed by atoms with Gasteiger partial charge in [0, 0.05) is 38.2 Å². The summed E-state index contributed by atoms with van der Waals surface area (Å²) in [5.41, 5.74) is 1.25. The molecule has 1 aliphatic heterocycles. The number of Topliss-reactive ketones (excluding diaryl/α,β-unsaturated/α-hetero) is 1. The highest BCUT2D eigenvalue weighted by Crippen LogP contribution is 2.33. The highest BCUT2D eigenvalue weighted by Gasteiger charge is 2.36. The van der Waals surface area contributed by atoms with Crippen molar-refractivity contribution in [1.29, 1.82) is 0 Å². The normalized spacial score (nSPS) is 29.0. The van der Waals surface area contributed by atoms with Crippen LogP contribution in [0, 0.1) is 5.92 Å². The molecule has 0 amide bonds. The maximum atomic E-state index is 12.2. The van der Waals surface area contributed by atoms with E-state index in [2.05, 4.69) is 14.5 Å². The summed E-state index contributed by atoms with van der Waals surface area (Å²) in [5.74, 6) is 0.803. The van der Waals surface area contributed by atoms with E-state index in [1.165, 1.54) is 25.0 Å². The van der Waals surface area contributed by atoms with Crippen molar-refractivity contribution in [2.24, 2.45) is 13.0 Å². The minimum atomic E-state index is 0.296. The van der Waals surface area contributed by atoms with Crippen LogP contribution in [0.5, 0.6) is 0 Å². The predicted molar refractivity (Wildman–Crippen MR) is 73.6 cm³/mol. The van der Waals surface area contributed by atoms with Crippen LogP contribution < -0.4 is 0 Å². The predicted octanol–water partition coefficient (Wildman–Crippen LogP) is 2.14. The molecule has 2 unspecified atom stereocenters. The van der Waals surface area contributed by atoms with E-state index in [9.17, 15) is 4.79 Å². The minimum absolute atomic E-state index is 0.296. The zero-order chi connectivity index (χ0) is 13.2. The molecule has 2 aliphatic rings. The number of aryl methyl sites for hydroxylation is 1. The molecule has 2 heterocycles. The minimum Gasteiger partial charge on any atom is -0.337 e. The Morgan fingerprint density at radius 3 is 2.95 bits per heavy atom. The summed E-state index contributed by atoms with van der Waals surface area (Å²) in [4.78, 5) is 18.8. The van der Waals surface area contributed by atoms with Crippen molar-refractivity contribution in [3.05, 3.63) is 18.2 Å². The maximum Gasteiger partial charge on any atom is 0.137 e. The number of aromatic nitrogens is 2. The Labute approximate surface area is 114 Å². The van der Waals surface area contributed by atoms with Crippen LogP contribution >= 0.6 is 0 Å². The second kappa shape index (κ2) is 5.45. The van der Waals surface area contributed by atoms with Crippen molar-refractivity contribution >= 4 is 5.78 Å². The average molecular weight is 261 g/mol. The summed E-state index contributed by atoms with van der Waals surface area (Å²) in [7, 11) is 2.04. The number of hydrogen-bond donors (Lipinski definition) is 0. The molecule has 1 aromatic heterocycles. The van der Waals surface area contributed by atoms with E-state index in [1.807, 2.05) is 19.6 Å². The summed E-state index contributed by atoms with van der Waals surface area (Å²) in [5, 5.41) is 0. The molecule has 0 aromatic carbocycles. The fourth-order valence-electron chi connectivity index (χ4n) is 3.67. The Bertz CT molecular complexity index is 454. The molecule has 2 fully saturated rings. The van der Waals surface area contributed by atoms with E-state index >= 15 is 0 Å². The van der Waals surface area contributed by atoms with Crippen molar-refractivity contribution in [1.82, 2.24) is 14.5 Å². The van der Waals surface area contributed by atoms with E-state index in [1.54, 1.807) is 0 Å². The summed E-state index contributed by atoms with van der Waals surface area (Å²) >= 11 is 0. The maximum absolute atomic E-state index is 12.2. The molecule has 0 spiro atoms. The van der Waals surface area contributed by atoms with Gasteiger partial charge in [0.25, 0.3) is 0 Å². The van der Waals surface area contributed by atoms with Gasteiger partial charge < -0.3 is 4.57 Å². The highest BCUT2D eigenvalue weighted by atomic mass is 16.1. The number of rotatable bonds is 3. The fraction of sp³-hybridized carbons (Fsp3) is 0.733. The van der Waals surface area contributed by atoms with Crippen molar-refractivity contribution in [2.45, 2.75) is 51.1 Å². The Morgan fingerprint density at radius 2 is 2.21 bits per heavy atom. The van der Waals surface area contributed by atoms with E-state index < -0.39 is 0 Å². The number of hydrogen-bond acceptors (Lipinski definition) is 3. The number of likely N-dealkylation sites (tertiary alicyclic amines) is 1. The second-order valence-corrected chi connectivity index (χ2v) is 5.99. The third-order valence-electron chi connectivity index (χ3n) is 4.76. The van der Waals surface area contributed by atoms with Gasteiger partial charge in [-0.15, -0.1) is 0 Å². The zero-order valence-electron chi connectivity index (χ0n) is 11.7. The Hall–Kier alpha value is -1.16. The first-order valence-corrected chi connectivity index (χ1v) is 7.47. The van der Waals surface area contributed by atoms with Crippen molar-refractivity contribution in [2.75, 3.05) is 6.54 Å². The summed E-state index contributed by atoms with van der Waals surface area (Å²) < 4.78 is 2.08. The van der Waals surface area contributed by atoms with Gasteiger partial charge in [0.1, 0.15) is 5.78 Å². The first kappa shape index (κ1) is 12.9. The van der Waals surface area contributed by atoms with Crippen molar-refractivity contribution in [3.8, 4) is 0 Å². The number of carbonyl (C=O) groups excluding carboxylic acids is 1. The van der Waals surface area contributed by atoms with Crippen LogP contribution in [-0.4, -0.2) is 32.8 Å². The van der Waals surface area contributed by atoms with E-state index in [-0.39, 0.29) is 0 Å². The molecular weight excluding hydrogens is 238 g/mol. The molecule has 0 radical (unpaired) electrons. The van der Waals surface area contributed by atoms with Gasteiger partial charge in [0.15, 0.2) is 0 Å². The van der Waals surface area contributed by atoms with Crippen molar-refractivity contribution < 1.29 is 4.79 Å². The summed E-state index contributed by atoms with van der Waals surface area (Å²) in [6.45, 7) is 2.06. The van der Waals surface area contributed by atoms with E-state index in [0.29, 0.717) is 17.7 Å². The molecule has 1 saturated heterocycles. The molecule has 0 bridgehead atoms. The molecule has 0 N–H and O–H groups in total. The third kappa shape index (κ3) is 2.59. The van der Waals surface area contributed by atoms with Gasteiger partial charge in [-0.05, 0) is 32.2 Å². The van der Waals surface area contributed by atoms with Crippen LogP contribution in [-0.2, 0) is 18.4 Å². The molecule has 1 saturated carbocycles. The van der Waals surface area contributed by atoms with Gasteiger partial charge in [-0.1, -0.05) is 6.42 Å². The van der Waals surface area contributed by atoms with Gasteiger partial charge >= 0.3 is 0 Å². The average Bonchev–Trinajstić information content (AvgIpc) is 3.01. The number of ketones is 1. The fourth-order valence-corrected chi connectivity index (χ4v) is 3.67. The SMILES string of the molecule is Cn1cncc1CN1CCCC1C1CCCCC1=O. The molecule has 1 aromatic rings. The quantitative estimate of drug-likeness (QED) is 0.836. The van der Waals surface area contributed by atoms with Gasteiger partial charge in [0.2, 0.25) is 0 Å².